The van der Waals surface area contributed by atoms with Gasteiger partial charge in [0.2, 0.25) is 15.9 Å². The normalized spacial score (nSPS) is 17.7. The Morgan fingerprint density at radius 2 is 2.03 bits per heavy atom. The second kappa shape index (κ2) is 8.52. The topological polar surface area (TPSA) is 102 Å². The van der Waals surface area contributed by atoms with Crippen LogP contribution in [0.1, 0.15) is 12.8 Å². The van der Waals surface area contributed by atoms with Gasteiger partial charge in [0.05, 0.1) is 16.3 Å². The highest BCUT2D eigenvalue weighted by atomic mass is 32.2. The molecule has 0 bridgehead atoms. The predicted octanol–water partition coefficient (Wildman–Crippen LogP) is 2.89. The maximum atomic E-state index is 13.2. The van der Waals surface area contributed by atoms with E-state index < -0.39 is 21.7 Å². The van der Waals surface area contributed by atoms with Gasteiger partial charge in [0.1, 0.15) is 0 Å². The Morgan fingerprint density at radius 1 is 1.23 bits per heavy atom. The lowest BCUT2D eigenvalue weighted by Crippen LogP contribution is -2.43. The van der Waals surface area contributed by atoms with Crippen molar-refractivity contribution in [2.75, 3.05) is 24.7 Å². The van der Waals surface area contributed by atoms with Crippen molar-refractivity contribution in [3.8, 4) is 0 Å². The minimum absolute atomic E-state index is 0.0445. The second-order valence-electron chi connectivity index (χ2n) is 7.48. The molecule has 2 heterocycles. The molecule has 1 N–H and O–H groups in total. The number of piperidine rings is 1. The second-order valence-corrected chi connectivity index (χ2v) is 10.3. The number of rotatable bonds is 5. The van der Waals surface area contributed by atoms with E-state index in [1.54, 1.807) is 24.9 Å². The van der Waals surface area contributed by atoms with Gasteiger partial charge in [-0.15, -0.1) is 11.8 Å². The van der Waals surface area contributed by atoms with Gasteiger partial charge < -0.3 is 9.73 Å². The number of oxazole rings is 1. The lowest BCUT2D eigenvalue weighted by molar-refractivity contribution is -0.120. The zero-order valence-corrected chi connectivity index (χ0v) is 18.8. The molecule has 1 amide bonds. The van der Waals surface area contributed by atoms with Gasteiger partial charge >= 0.3 is 5.76 Å². The van der Waals surface area contributed by atoms with Crippen LogP contribution in [0.4, 0.5) is 5.69 Å². The molecule has 1 saturated heterocycles. The number of anilines is 1. The fourth-order valence-electron chi connectivity index (χ4n) is 3.74. The van der Waals surface area contributed by atoms with E-state index in [1.165, 1.54) is 21.0 Å². The molecule has 1 aromatic heterocycles. The smallest absolute Gasteiger partial charge is 0.408 e. The minimum atomic E-state index is -3.83. The Kier molecular flexibility index (Phi) is 5.96. The first-order valence-corrected chi connectivity index (χ1v) is 12.5. The predicted molar refractivity (Wildman–Crippen MR) is 120 cm³/mol. The third kappa shape index (κ3) is 4.28. The Balaban J connectivity index is 1.53. The summed E-state index contributed by atoms with van der Waals surface area (Å²) in [6.07, 6.45) is 3.17. The lowest BCUT2D eigenvalue weighted by atomic mass is 9.99. The molecule has 8 nitrogen and oxygen atoms in total. The van der Waals surface area contributed by atoms with Crippen LogP contribution < -0.4 is 11.1 Å². The number of nitrogens with one attached hydrogen (secondary N) is 1. The van der Waals surface area contributed by atoms with Gasteiger partial charge in [-0.2, -0.15) is 4.31 Å². The molecule has 31 heavy (non-hydrogen) atoms. The first-order valence-electron chi connectivity index (χ1n) is 9.84. The number of nitrogens with zero attached hydrogens (tertiary/aromatic N) is 2. The summed E-state index contributed by atoms with van der Waals surface area (Å²) in [5.41, 5.74) is 1.43. The summed E-state index contributed by atoms with van der Waals surface area (Å²) in [5, 5.41) is 2.91. The largest absolute Gasteiger partial charge is 0.419 e. The Labute approximate surface area is 184 Å². The molecule has 0 aliphatic carbocycles. The summed E-state index contributed by atoms with van der Waals surface area (Å²) in [4.78, 5) is 25.6. The van der Waals surface area contributed by atoms with Crippen molar-refractivity contribution in [1.29, 1.82) is 0 Å². The summed E-state index contributed by atoms with van der Waals surface area (Å²) in [5.74, 6) is -1.19. The monoisotopic (exact) mass is 461 g/mol. The number of carbonyl (C=O) groups excluding carboxylic acids is 1. The van der Waals surface area contributed by atoms with Crippen LogP contribution in [0.5, 0.6) is 0 Å². The van der Waals surface area contributed by atoms with Gasteiger partial charge in [-0.1, -0.05) is 6.07 Å². The highest BCUT2D eigenvalue weighted by Gasteiger charge is 2.33. The van der Waals surface area contributed by atoms with Gasteiger partial charge in [-0.05, 0) is 49.4 Å². The van der Waals surface area contributed by atoms with Crippen LogP contribution in [-0.2, 0) is 21.9 Å². The fourth-order valence-corrected chi connectivity index (χ4v) is 5.74. The van der Waals surface area contributed by atoms with Crippen LogP contribution in [0.25, 0.3) is 11.1 Å². The molecule has 3 aromatic rings. The van der Waals surface area contributed by atoms with E-state index >= 15 is 0 Å². The number of sulfonamides is 1. The highest BCUT2D eigenvalue weighted by Crippen LogP contribution is 2.27. The summed E-state index contributed by atoms with van der Waals surface area (Å²) < 4.78 is 34.2. The molecule has 164 valence electrons. The summed E-state index contributed by atoms with van der Waals surface area (Å²) in [6, 6.07) is 11.9. The number of carbonyl (C=O) groups is 1. The molecule has 1 fully saturated rings. The standard InChI is InChI=1S/C21H23N3O5S2/c1-23-18-9-8-17(12-19(18)29-21(23)26)31(27,28)24-10-4-5-14(13-24)20(25)22-15-6-3-7-16(11-15)30-2/h3,6-9,11-12,14H,4-5,10,13H2,1-2H3,(H,22,25). The lowest BCUT2D eigenvalue weighted by Gasteiger charge is -2.31. The fraction of sp³-hybridized carbons (Fsp3) is 0.333. The third-order valence-electron chi connectivity index (χ3n) is 5.49. The van der Waals surface area contributed by atoms with Crippen LogP contribution >= 0.6 is 11.8 Å². The van der Waals surface area contributed by atoms with Gasteiger partial charge in [-0.25, -0.2) is 13.2 Å². The van der Waals surface area contributed by atoms with Crippen LogP contribution in [0.15, 0.2) is 61.5 Å². The van der Waals surface area contributed by atoms with Crippen molar-refractivity contribution in [3.05, 3.63) is 53.0 Å². The molecule has 1 aliphatic rings. The molecule has 0 radical (unpaired) electrons. The number of hydrogen-bond acceptors (Lipinski definition) is 6. The Bertz CT molecular complexity index is 1300. The minimum Gasteiger partial charge on any atom is -0.408 e. The van der Waals surface area contributed by atoms with Gasteiger partial charge in [0, 0.05) is 36.8 Å². The van der Waals surface area contributed by atoms with Crippen LogP contribution in [0, 0.1) is 5.92 Å². The average Bonchev–Trinajstić information content (AvgIpc) is 3.07. The number of fused-ring (bicyclic) bond motifs is 1. The third-order valence-corrected chi connectivity index (χ3v) is 8.08. The molecule has 1 atom stereocenters. The van der Waals surface area contributed by atoms with Gasteiger partial charge in [0.25, 0.3) is 0 Å². The van der Waals surface area contributed by atoms with Crippen LogP contribution in [0.2, 0.25) is 0 Å². The number of amides is 1. The Hall–Kier alpha value is -2.56. The molecule has 1 unspecified atom stereocenters. The van der Waals surface area contributed by atoms with Crippen molar-refractivity contribution in [3.63, 3.8) is 0 Å². The molecule has 0 spiro atoms. The molecular weight excluding hydrogens is 438 g/mol. The SMILES string of the molecule is CSc1cccc(NC(=O)C2CCCN(S(=O)(=O)c3ccc4c(c3)oc(=O)n4C)C2)c1. The number of aromatic nitrogens is 1. The van der Waals surface area contributed by atoms with Crippen molar-refractivity contribution in [2.24, 2.45) is 13.0 Å². The molecule has 0 saturated carbocycles. The number of benzene rings is 2. The maximum Gasteiger partial charge on any atom is 0.419 e. The van der Waals surface area contributed by atoms with E-state index in [9.17, 15) is 18.0 Å². The number of thioether (sulfide) groups is 1. The first-order chi connectivity index (χ1) is 14.8. The number of aryl methyl sites for hydroxylation is 1. The van der Waals surface area contributed by atoms with E-state index in [4.69, 9.17) is 4.42 Å². The molecule has 2 aromatic carbocycles. The first kappa shape index (κ1) is 21.7. The van der Waals surface area contributed by atoms with Crippen molar-refractivity contribution in [1.82, 2.24) is 8.87 Å². The molecule has 1 aliphatic heterocycles. The maximum absolute atomic E-state index is 13.2. The zero-order chi connectivity index (χ0) is 22.2. The van der Waals surface area contributed by atoms with Crippen molar-refractivity contribution >= 4 is 44.5 Å². The van der Waals surface area contributed by atoms with E-state index in [0.717, 1.165) is 4.90 Å². The van der Waals surface area contributed by atoms with Gasteiger partial charge in [0.15, 0.2) is 5.58 Å². The van der Waals surface area contributed by atoms with Crippen molar-refractivity contribution < 1.29 is 17.6 Å². The Morgan fingerprint density at radius 3 is 2.81 bits per heavy atom. The number of hydrogen-bond donors (Lipinski definition) is 1. The zero-order valence-electron chi connectivity index (χ0n) is 17.2. The average molecular weight is 462 g/mol. The van der Waals surface area contributed by atoms with E-state index in [-0.39, 0.29) is 22.9 Å². The van der Waals surface area contributed by atoms with E-state index in [0.29, 0.717) is 30.6 Å². The van der Waals surface area contributed by atoms with E-state index in [2.05, 4.69) is 5.32 Å². The molecular formula is C21H23N3O5S2. The molecule has 10 heteroatoms. The summed E-state index contributed by atoms with van der Waals surface area (Å²) >= 11 is 1.58. The summed E-state index contributed by atoms with van der Waals surface area (Å²) in [7, 11) is -2.27. The van der Waals surface area contributed by atoms with Crippen molar-refractivity contribution in [2.45, 2.75) is 22.6 Å². The molecule has 4 rings (SSSR count). The van der Waals surface area contributed by atoms with Gasteiger partial charge in [-0.3, -0.25) is 9.36 Å². The van der Waals surface area contributed by atoms with Crippen LogP contribution in [-0.4, -0.2) is 42.5 Å². The quantitative estimate of drug-likeness (QED) is 0.586. The summed E-state index contributed by atoms with van der Waals surface area (Å²) in [6.45, 7) is 0.442. The highest BCUT2D eigenvalue weighted by molar-refractivity contribution is 7.98. The van der Waals surface area contributed by atoms with E-state index in [1.807, 2.05) is 30.5 Å². The van der Waals surface area contributed by atoms with Crippen LogP contribution in [0.3, 0.4) is 0 Å².